The van der Waals surface area contributed by atoms with Gasteiger partial charge in [-0.2, -0.15) is 0 Å². The molecule has 5 nitrogen and oxygen atoms in total. The average Bonchev–Trinajstić information content (AvgIpc) is 3.21. The zero-order chi connectivity index (χ0) is 15.5. The number of carboxylic acids is 1. The molecule has 1 aliphatic carbocycles. The lowest BCUT2D eigenvalue weighted by Gasteiger charge is -2.26. The summed E-state index contributed by atoms with van der Waals surface area (Å²) in [4.78, 5) is 22.8. The summed E-state index contributed by atoms with van der Waals surface area (Å²) in [7, 11) is 0. The smallest absolute Gasteiger partial charge is 0.319 e. The van der Waals surface area contributed by atoms with Crippen LogP contribution < -0.4 is 10.6 Å². The Morgan fingerprint density at radius 3 is 2.57 bits per heavy atom. The number of hydrogen-bond donors (Lipinski definition) is 3. The van der Waals surface area contributed by atoms with Crippen LogP contribution in [0.5, 0.6) is 0 Å². The van der Waals surface area contributed by atoms with Crippen molar-refractivity contribution >= 4 is 17.7 Å². The molecular formula is C16H22N2O3. The van der Waals surface area contributed by atoms with Crippen molar-refractivity contribution in [3.05, 3.63) is 29.8 Å². The maximum Gasteiger partial charge on any atom is 0.319 e. The Bertz CT molecular complexity index is 536. The Kier molecular flexibility index (Phi) is 4.50. The van der Waals surface area contributed by atoms with Gasteiger partial charge in [-0.25, -0.2) is 4.79 Å². The summed E-state index contributed by atoms with van der Waals surface area (Å²) in [6.45, 7) is 4.06. The van der Waals surface area contributed by atoms with Crippen molar-refractivity contribution in [1.82, 2.24) is 5.32 Å². The lowest BCUT2D eigenvalue weighted by Crippen LogP contribution is -2.47. The predicted octanol–water partition coefficient (Wildman–Crippen LogP) is 3.01. The van der Waals surface area contributed by atoms with Gasteiger partial charge in [0.05, 0.1) is 0 Å². The molecule has 1 saturated carbocycles. The number of aryl methyl sites for hydroxylation is 1. The van der Waals surface area contributed by atoms with E-state index in [0.29, 0.717) is 18.0 Å². The number of rotatable bonds is 6. The molecule has 3 N–H and O–H groups in total. The van der Waals surface area contributed by atoms with Gasteiger partial charge in [-0.15, -0.1) is 0 Å². The third-order valence-electron chi connectivity index (χ3n) is 3.91. The van der Waals surface area contributed by atoms with Gasteiger partial charge in [0.25, 0.3) is 0 Å². The topological polar surface area (TPSA) is 78.4 Å². The fourth-order valence-electron chi connectivity index (χ4n) is 2.46. The Morgan fingerprint density at radius 1 is 1.29 bits per heavy atom. The van der Waals surface area contributed by atoms with Crippen molar-refractivity contribution < 1.29 is 14.7 Å². The number of carbonyl (C=O) groups is 2. The molecule has 1 aliphatic rings. The summed E-state index contributed by atoms with van der Waals surface area (Å²) in [5, 5.41) is 14.6. The number of para-hydroxylation sites is 1. The molecule has 0 heterocycles. The molecular weight excluding hydrogens is 268 g/mol. The van der Waals surface area contributed by atoms with Gasteiger partial charge >= 0.3 is 12.0 Å². The highest BCUT2D eigenvalue weighted by atomic mass is 16.4. The van der Waals surface area contributed by atoms with E-state index in [-0.39, 0.29) is 18.0 Å². The fraction of sp³-hybridized carbons (Fsp3) is 0.500. The molecule has 0 aromatic heterocycles. The van der Waals surface area contributed by atoms with E-state index in [1.165, 1.54) is 0 Å². The van der Waals surface area contributed by atoms with Gasteiger partial charge in [-0.1, -0.05) is 18.2 Å². The molecule has 1 aromatic carbocycles. The molecule has 0 saturated heterocycles. The predicted molar refractivity (Wildman–Crippen MR) is 81.4 cm³/mol. The number of carbonyl (C=O) groups excluding carboxylic acids is 1. The zero-order valence-corrected chi connectivity index (χ0v) is 12.5. The van der Waals surface area contributed by atoms with Gasteiger partial charge in [0, 0.05) is 17.6 Å². The number of nitrogens with one attached hydrogen (secondary N) is 2. The second-order valence-electron chi connectivity index (χ2n) is 6.13. The lowest BCUT2D eigenvalue weighted by atomic mass is 9.99. The van der Waals surface area contributed by atoms with E-state index >= 15 is 0 Å². The van der Waals surface area contributed by atoms with Gasteiger partial charge < -0.3 is 15.7 Å². The van der Waals surface area contributed by atoms with Crippen molar-refractivity contribution in [3.63, 3.8) is 0 Å². The lowest BCUT2D eigenvalue weighted by molar-refractivity contribution is -0.136. The SMILES string of the molecule is CC(C)(NC(=O)Nc1ccccc1CCC(=O)O)C1CC1. The van der Waals surface area contributed by atoms with E-state index in [1.807, 2.05) is 32.0 Å². The quantitative estimate of drug-likeness (QED) is 0.753. The summed E-state index contributed by atoms with van der Waals surface area (Å²) in [5.74, 6) is -0.297. The van der Waals surface area contributed by atoms with E-state index in [4.69, 9.17) is 5.11 Å². The minimum Gasteiger partial charge on any atom is -0.481 e. The molecule has 5 heteroatoms. The standard InChI is InChI=1S/C16H22N2O3/c1-16(2,12-8-9-12)18-15(21)17-13-6-4-3-5-11(13)7-10-14(19)20/h3-6,12H,7-10H2,1-2H3,(H,19,20)(H2,17,18,21). The highest BCUT2D eigenvalue weighted by Gasteiger charge is 2.38. The number of amides is 2. The van der Waals surface area contributed by atoms with E-state index < -0.39 is 5.97 Å². The summed E-state index contributed by atoms with van der Waals surface area (Å²) < 4.78 is 0. The normalized spacial score (nSPS) is 14.6. The van der Waals surface area contributed by atoms with Crippen LogP contribution in [-0.4, -0.2) is 22.6 Å². The Labute approximate surface area is 124 Å². The number of anilines is 1. The van der Waals surface area contributed by atoms with Crippen LogP contribution in [0, 0.1) is 5.92 Å². The van der Waals surface area contributed by atoms with Crippen LogP contribution >= 0.6 is 0 Å². The van der Waals surface area contributed by atoms with Crippen molar-refractivity contribution in [3.8, 4) is 0 Å². The van der Waals surface area contributed by atoms with Gasteiger partial charge in [0.15, 0.2) is 0 Å². The van der Waals surface area contributed by atoms with E-state index in [2.05, 4.69) is 10.6 Å². The van der Waals surface area contributed by atoms with Crippen molar-refractivity contribution in [2.45, 2.75) is 45.1 Å². The Morgan fingerprint density at radius 2 is 1.95 bits per heavy atom. The summed E-state index contributed by atoms with van der Waals surface area (Å²) >= 11 is 0. The first-order valence-corrected chi connectivity index (χ1v) is 7.27. The molecule has 0 unspecified atom stereocenters. The highest BCUT2D eigenvalue weighted by Crippen LogP contribution is 2.39. The Balaban J connectivity index is 1.98. The van der Waals surface area contributed by atoms with Gasteiger partial charge in [0.1, 0.15) is 0 Å². The molecule has 0 aliphatic heterocycles. The van der Waals surface area contributed by atoms with Crippen molar-refractivity contribution in [2.24, 2.45) is 5.92 Å². The molecule has 114 valence electrons. The summed E-state index contributed by atoms with van der Waals surface area (Å²) in [6, 6.07) is 7.06. The molecule has 2 rings (SSSR count). The molecule has 0 radical (unpaired) electrons. The van der Waals surface area contributed by atoms with Crippen LogP contribution in [0.15, 0.2) is 24.3 Å². The van der Waals surface area contributed by atoms with Crippen molar-refractivity contribution in [1.29, 1.82) is 0 Å². The van der Waals surface area contributed by atoms with Crippen LogP contribution in [-0.2, 0) is 11.2 Å². The molecule has 21 heavy (non-hydrogen) atoms. The van der Waals surface area contributed by atoms with Crippen LogP contribution in [0.1, 0.15) is 38.7 Å². The minimum atomic E-state index is -0.843. The first kappa shape index (κ1) is 15.4. The third kappa shape index (κ3) is 4.48. The van der Waals surface area contributed by atoms with Crippen molar-refractivity contribution in [2.75, 3.05) is 5.32 Å². The number of carboxylic acid groups (broad SMARTS) is 1. The van der Waals surface area contributed by atoms with Crippen LogP contribution in [0.25, 0.3) is 0 Å². The maximum atomic E-state index is 12.1. The monoisotopic (exact) mass is 290 g/mol. The maximum absolute atomic E-state index is 12.1. The largest absolute Gasteiger partial charge is 0.481 e. The van der Waals surface area contributed by atoms with E-state index in [1.54, 1.807) is 6.07 Å². The third-order valence-corrected chi connectivity index (χ3v) is 3.91. The van der Waals surface area contributed by atoms with Crippen LogP contribution in [0.4, 0.5) is 10.5 Å². The van der Waals surface area contributed by atoms with Crippen LogP contribution in [0.2, 0.25) is 0 Å². The van der Waals surface area contributed by atoms with E-state index in [0.717, 1.165) is 18.4 Å². The highest BCUT2D eigenvalue weighted by molar-refractivity contribution is 5.90. The summed E-state index contributed by atoms with van der Waals surface area (Å²) in [6.07, 6.45) is 2.76. The molecule has 0 spiro atoms. The molecule has 0 bridgehead atoms. The molecule has 2 amide bonds. The molecule has 0 atom stereocenters. The fourth-order valence-corrected chi connectivity index (χ4v) is 2.46. The van der Waals surface area contributed by atoms with Crippen LogP contribution in [0.3, 0.4) is 0 Å². The average molecular weight is 290 g/mol. The zero-order valence-electron chi connectivity index (χ0n) is 12.5. The number of aliphatic carboxylic acids is 1. The number of hydrogen-bond acceptors (Lipinski definition) is 2. The number of benzene rings is 1. The van der Waals surface area contributed by atoms with Gasteiger partial charge in [0.2, 0.25) is 0 Å². The first-order valence-electron chi connectivity index (χ1n) is 7.27. The Hall–Kier alpha value is -2.04. The molecule has 1 fully saturated rings. The number of urea groups is 1. The van der Waals surface area contributed by atoms with Gasteiger partial charge in [-0.05, 0) is 50.7 Å². The van der Waals surface area contributed by atoms with Gasteiger partial charge in [-0.3, -0.25) is 4.79 Å². The summed E-state index contributed by atoms with van der Waals surface area (Å²) in [5.41, 5.74) is 1.29. The van der Waals surface area contributed by atoms with E-state index in [9.17, 15) is 9.59 Å². The molecule has 1 aromatic rings. The minimum absolute atomic E-state index is 0.0495. The second-order valence-corrected chi connectivity index (χ2v) is 6.13. The first-order chi connectivity index (χ1) is 9.88. The second kappa shape index (κ2) is 6.16.